The number of piperidine rings is 1. The minimum Gasteiger partial charge on any atom is -0.306 e. The molecule has 0 spiro atoms. The van der Waals surface area contributed by atoms with Crippen LogP contribution < -0.4 is 0 Å². The van der Waals surface area contributed by atoms with Gasteiger partial charge in [-0.1, -0.05) is 6.07 Å². The fourth-order valence-corrected chi connectivity index (χ4v) is 4.89. The quantitative estimate of drug-likeness (QED) is 0.837. The normalized spacial score (nSPS) is 19.0. The van der Waals surface area contributed by atoms with Crippen LogP contribution in [0, 0.1) is 5.92 Å². The number of rotatable bonds is 3. The monoisotopic (exact) mass is 349 g/mol. The van der Waals surface area contributed by atoms with E-state index in [0.29, 0.717) is 0 Å². The van der Waals surface area contributed by atoms with Crippen molar-refractivity contribution in [3.63, 3.8) is 0 Å². The maximum Gasteiger partial charge on any atom is 0.416 e. The molecule has 0 aliphatic carbocycles. The van der Waals surface area contributed by atoms with Gasteiger partial charge in [-0.25, -0.2) is 8.42 Å². The number of likely N-dealkylation sites (tertiary alicyclic amines) is 1. The Balaban J connectivity index is 2.37. The summed E-state index contributed by atoms with van der Waals surface area (Å²) in [4.78, 5) is 1.87. The van der Waals surface area contributed by atoms with Crippen molar-refractivity contribution in [3.8, 4) is 0 Å². The first-order valence-corrected chi connectivity index (χ1v) is 9.05. The molecule has 1 aromatic rings. The van der Waals surface area contributed by atoms with Crippen LogP contribution in [0.15, 0.2) is 29.2 Å². The molecular weight excluding hydrogens is 327 g/mol. The Hall–Kier alpha value is -1.08. The molecule has 1 fully saturated rings. The number of alkyl halides is 3. The summed E-state index contributed by atoms with van der Waals surface area (Å²) >= 11 is 0. The minimum atomic E-state index is -4.55. The average Bonchev–Trinajstić information content (AvgIpc) is 2.47. The van der Waals surface area contributed by atoms with Gasteiger partial charge in [0.2, 0.25) is 0 Å². The number of benzene rings is 1. The standard InChI is InChI=1S/C16H22F3NO2S/c1-15(2,12-7-9-20(3)10-8-12)23(21,22)14-6-4-5-13(11-14)16(17,18)19/h4-6,11-12H,7-10H2,1-3H3. The van der Waals surface area contributed by atoms with Crippen molar-refractivity contribution in [2.45, 2.75) is 42.5 Å². The van der Waals surface area contributed by atoms with Gasteiger partial charge in [0, 0.05) is 0 Å². The summed E-state index contributed by atoms with van der Waals surface area (Å²) in [6.45, 7) is 4.84. The van der Waals surface area contributed by atoms with Gasteiger partial charge in [-0.2, -0.15) is 13.2 Å². The number of sulfone groups is 1. The number of hydrogen-bond donors (Lipinski definition) is 0. The minimum absolute atomic E-state index is 0.0711. The van der Waals surface area contributed by atoms with Crippen molar-refractivity contribution >= 4 is 9.84 Å². The molecule has 0 amide bonds. The molecule has 0 saturated carbocycles. The van der Waals surface area contributed by atoms with Crippen LogP contribution in [0.1, 0.15) is 32.3 Å². The van der Waals surface area contributed by atoms with Crippen molar-refractivity contribution in [1.29, 1.82) is 0 Å². The highest BCUT2D eigenvalue weighted by atomic mass is 32.2. The Morgan fingerprint density at radius 3 is 2.22 bits per heavy atom. The molecule has 0 radical (unpaired) electrons. The van der Waals surface area contributed by atoms with Gasteiger partial charge in [0.15, 0.2) is 9.84 Å². The smallest absolute Gasteiger partial charge is 0.306 e. The van der Waals surface area contributed by atoms with Crippen molar-refractivity contribution in [1.82, 2.24) is 4.90 Å². The Bertz CT molecular complexity index is 660. The maximum absolute atomic E-state index is 12.9. The molecule has 7 heteroatoms. The maximum atomic E-state index is 12.9. The summed E-state index contributed by atoms with van der Waals surface area (Å²) in [7, 11) is -1.88. The summed E-state index contributed by atoms with van der Waals surface area (Å²) in [5.41, 5.74) is -0.933. The fraction of sp³-hybridized carbons (Fsp3) is 0.625. The molecule has 0 N–H and O–H groups in total. The topological polar surface area (TPSA) is 37.4 Å². The first-order valence-electron chi connectivity index (χ1n) is 7.56. The summed E-state index contributed by atoms with van der Waals surface area (Å²) in [6, 6.07) is 4.04. The van der Waals surface area contributed by atoms with Crippen LogP contribution >= 0.6 is 0 Å². The zero-order valence-electron chi connectivity index (χ0n) is 13.5. The molecule has 1 aliphatic heterocycles. The fourth-order valence-electron chi connectivity index (χ4n) is 3.07. The molecule has 1 saturated heterocycles. The third-order valence-electron chi connectivity index (χ3n) is 4.87. The number of halogens is 3. The van der Waals surface area contributed by atoms with Crippen LogP contribution in [-0.2, 0) is 16.0 Å². The van der Waals surface area contributed by atoms with Gasteiger partial charge in [0.25, 0.3) is 0 Å². The summed E-state index contributed by atoms with van der Waals surface area (Å²) in [5, 5.41) is 0. The average molecular weight is 349 g/mol. The highest BCUT2D eigenvalue weighted by Crippen LogP contribution is 2.39. The Morgan fingerprint density at radius 2 is 1.70 bits per heavy atom. The van der Waals surface area contributed by atoms with E-state index in [-0.39, 0.29) is 10.8 Å². The third-order valence-corrected chi connectivity index (χ3v) is 7.46. The summed E-state index contributed by atoms with van der Waals surface area (Å²) in [6.07, 6.45) is -3.10. The number of hydrogen-bond acceptors (Lipinski definition) is 3. The molecule has 23 heavy (non-hydrogen) atoms. The second-order valence-electron chi connectivity index (χ2n) is 6.71. The van der Waals surface area contributed by atoms with Crippen LogP contribution in [-0.4, -0.2) is 38.2 Å². The van der Waals surface area contributed by atoms with E-state index in [2.05, 4.69) is 4.90 Å². The van der Waals surface area contributed by atoms with Gasteiger partial charge in [0.05, 0.1) is 15.2 Å². The van der Waals surface area contributed by atoms with Crippen LogP contribution in [0.4, 0.5) is 13.2 Å². The molecular formula is C16H22F3NO2S. The molecule has 2 rings (SSSR count). The zero-order valence-corrected chi connectivity index (χ0v) is 14.3. The lowest BCUT2D eigenvalue weighted by molar-refractivity contribution is -0.137. The second kappa shape index (κ2) is 6.09. The van der Waals surface area contributed by atoms with Gasteiger partial charge >= 0.3 is 6.18 Å². The molecule has 1 aliphatic rings. The largest absolute Gasteiger partial charge is 0.416 e. The zero-order chi connectivity index (χ0) is 17.5. The number of nitrogens with zero attached hydrogens (tertiary/aromatic N) is 1. The van der Waals surface area contributed by atoms with E-state index >= 15 is 0 Å². The lowest BCUT2D eigenvalue weighted by atomic mass is 9.86. The molecule has 1 aromatic carbocycles. The Morgan fingerprint density at radius 1 is 1.13 bits per heavy atom. The lowest BCUT2D eigenvalue weighted by Crippen LogP contribution is -2.45. The molecule has 3 nitrogen and oxygen atoms in total. The third kappa shape index (κ3) is 3.55. The van der Waals surface area contributed by atoms with Crippen LogP contribution in [0.25, 0.3) is 0 Å². The van der Waals surface area contributed by atoms with Crippen molar-refractivity contribution in [2.75, 3.05) is 20.1 Å². The highest BCUT2D eigenvalue weighted by molar-refractivity contribution is 7.92. The van der Waals surface area contributed by atoms with Gasteiger partial charge in [0.1, 0.15) is 0 Å². The van der Waals surface area contributed by atoms with Crippen molar-refractivity contribution in [3.05, 3.63) is 29.8 Å². The van der Waals surface area contributed by atoms with E-state index in [1.165, 1.54) is 6.07 Å². The molecule has 0 atom stereocenters. The summed E-state index contributed by atoms with van der Waals surface area (Å²) < 4.78 is 63.3. The van der Waals surface area contributed by atoms with Crippen molar-refractivity contribution in [2.24, 2.45) is 5.92 Å². The second-order valence-corrected chi connectivity index (χ2v) is 9.24. The van der Waals surface area contributed by atoms with Crippen LogP contribution in [0.2, 0.25) is 0 Å². The highest BCUT2D eigenvalue weighted by Gasteiger charge is 2.44. The van der Waals surface area contributed by atoms with Crippen LogP contribution in [0.5, 0.6) is 0 Å². The molecule has 130 valence electrons. The van der Waals surface area contributed by atoms with Gasteiger partial charge in [-0.05, 0) is 70.9 Å². The van der Waals surface area contributed by atoms with E-state index in [4.69, 9.17) is 0 Å². The van der Waals surface area contributed by atoms with Gasteiger partial charge in [-0.3, -0.25) is 0 Å². The predicted molar refractivity (Wildman–Crippen MR) is 82.9 cm³/mol. The van der Waals surface area contributed by atoms with Gasteiger partial charge in [-0.15, -0.1) is 0 Å². The molecule has 0 bridgehead atoms. The lowest BCUT2D eigenvalue weighted by Gasteiger charge is -2.39. The SMILES string of the molecule is CN1CCC(C(C)(C)S(=O)(=O)c2cccc(C(F)(F)F)c2)CC1. The van der Waals surface area contributed by atoms with Crippen molar-refractivity contribution < 1.29 is 21.6 Å². The molecule has 0 aromatic heterocycles. The van der Waals surface area contributed by atoms with E-state index in [0.717, 1.165) is 44.1 Å². The first kappa shape index (κ1) is 18.3. The predicted octanol–water partition coefficient (Wildman–Crippen LogP) is 3.60. The van der Waals surface area contributed by atoms with E-state index in [9.17, 15) is 21.6 Å². The molecule has 0 unspecified atom stereocenters. The van der Waals surface area contributed by atoms with E-state index in [1.807, 2.05) is 7.05 Å². The van der Waals surface area contributed by atoms with E-state index in [1.54, 1.807) is 13.8 Å². The first-order chi connectivity index (χ1) is 10.5. The van der Waals surface area contributed by atoms with Gasteiger partial charge < -0.3 is 4.90 Å². The molecule has 1 heterocycles. The Labute approximate surface area is 135 Å². The Kier molecular flexibility index (Phi) is 4.84. The van der Waals surface area contributed by atoms with Crippen LogP contribution in [0.3, 0.4) is 0 Å². The van der Waals surface area contributed by atoms with E-state index < -0.39 is 26.3 Å². The summed E-state index contributed by atoms with van der Waals surface area (Å²) in [5.74, 6) is -0.0711.